The summed E-state index contributed by atoms with van der Waals surface area (Å²) in [7, 11) is 2.03. The standard InChI is InChI=1S/C22H23FN6O2/c1-3-20(30)25-16-8-13(7-14(23)9-16)18-10-17-19(11-24-18)27-28-21(17)22(31)26-15-5-4-6-29(2)12-15/h3,7-11,15H,1,4-6,12H2,2H3,(H,25,30)(H,26,31)(H,27,28). The summed E-state index contributed by atoms with van der Waals surface area (Å²) in [4.78, 5) is 30.9. The van der Waals surface area contributed by atoms with E-state index in [0.717, 1.165) is 32.0 Å². The molecule has 3 N–H and O–H groups in total. The number of amides is 2. The lowest BCUT2D eigenvalue weighted by molar-refractivity contribution is -0.111. The van der Waals surface area contributed by atoms with E-state index in [2.05, 4.69) is 37.3 Å². The molecular formula is C22H23FN6O2. The number of piperidine rings is 1. The number of aromatic nitrogens is 3. The van der Waals surface area contributed by atoms with Crippen LogP contribution < -0.4 is 10.6 Å². The number of pyridine rings is 1. The molecule has 1 unspecified atom stereocenters. The summed E-state index contributed by atoms with van der Waals surface area (Å²) in [5.41, 5.74) is 2.07. The van der Waals surface area contributed by atoms with E-state index in [1.165, 1.54) is 12.1 Å². The van der Waals surface area contributed by atoms with Crippen LogP contribution in [0, 0.1) is 5.82 Å². The predicted octanol–water partition coefficient (Wildman–Crippen LogP) is 2.71. The third-order valence-electron chi connectivity index (χ3n) is 5.27. The Morgan fingerprint density at radius 3 is 2.94 bits per heavy atom. The van der Waals surface area contributed by atoms with E-state index in [1.54, 1.807) is 18.3 Å². The molecule has 0 spiro atoms. The number of halogens is 1. The van der Waals surface area contributed by atoms with Gasteiger partial charge >= 0.3 is 0 Å². The van der Waals surface area contributed by atoms with Crippen molar-refractivity contribution in [3.05, 3.63) is 54.6 Å². The van der Waals surface area contributed by atoms with Crippen molar-refractivity contribution < 1.29 is 14.0 Å². The first-order valence-corrected chi connectivity index (χ1v) is 10.0. The van der Waals surface area contributed by atoms with Gasteiger partial charge in [0, 0.05) is 29.2 Å². The Balaban J connectivity index is 1.63. The molecule has 0 bridgehead atoms. The van der Waals surface area contributed by atoms with Crippen molar-refractivity contribution in [1.29, 1.82) is 0 Å². The highest BCUT2D eigenvalue weighted by Gasteiger charge is 2.22. The molecule has 9 heteroatoms. The van der Waals surface area contributed by atoms with Crippen LogP contribution in [0.2, 0.25) is 0 Å². The van der Waals surface area contributed by atoms with Gasteiger partial charge in [0.1, 0.15) is 5.82 Å². The van der Waals surface area contributed by atoms with E-state index in [9.17, 15) is 14.0 Å². The van der Waals surface area contributed by atoms with Gasteiger partial charge in [0.15, 0.2) is 5.69 Å². The number of benzene rings is 1. The molecule has 0 saturated carbocycles. The molecule has 31 heavy (non-hydrogen) atoms. The topological polar surface area (TPSA) is 103 Å². The Morgan fingerprint density at radius 2 is 2.16 bits per heavy atom. The highest BCUT2D eigenvalue weighted by Crippen LogP contribution is 2.26. The van der Waals surface area contributed by atoms with E-state index >= 15 is 0 Å². The zero-order chi connectivity index (χ0) is 22.0. The summed E-state index contributed by atoms with van der Waals surface area (Å²) in [5, 5.41) is 13.2. The molecule has 0 aliphatic carbocycles. The molecule has 1 atom stereocenters. The number of carbonyl (C=O) groups is 2. The second-order valence-electron chi connectivity index (χ2n) is 7.68. The minimum absolute atomic E-state index is 0.0681. The molecule has 1 aliphatic heterocycles. The SMILES string of the molecule is C=CC(=O)Nc1cc(F)cc(-c2cc3c(C(=O)NC4CCCN(C)C4)n[nH]c3cn2)c1. The number of nitrogens with zero attached hydrogens (tertiary/aromatic N) is 3. The third kappa shape index (κ3) is 4.61. The van der Waals surface area contributed by atoms with Crippen LogP contribution in [0.5, 0.6) is 0 Å². The van der Waals surface area contributed by atoms with E-state index in [-0.39, 0.29) is 23.3 Å². The molecule has 1 aromatic carbocycles. The molecule has 1 fully saturated rings. The molecule has 1 aliphatic rings. The lowest BCUT2D eigenvalue weighted by Crippen LogP contribution is -2.46. The third-order valence-corrected chi connectivity index (χ3v) is 5.27. The zero-order valence-corrected chi connectivity index (χ0v) is 17.1. The average Bonchev–Trinajstić information content (AvgIpc) is 3.16. The second-order valence-corrected chi connectivity index (χ2v) is 7.68. The minimum Gasteiger partial charge on any atom is -0.347 e. The Bertz CT molecular complexity index is 1160. The van der Waals surface area contributed by atoms with Crippen LogP contribution in [0.25, 0.3) is 22.2 Å². The maximum absolute atomic E-state index is 14.1. The molecule has 3 heterocycles. The first-order valence-electron chi connectivity index (χ1n) is 10.0. The van der Waals surface area contributed by atoms with Crippen molar-refractivity contribution in [2.24, 2.45) is 0 Å². The zero-order valence-electron chi connectivity index (χ0n) is 17.1. The van der Waals surface area contributed by atoms with Gasteiger partial charge in [0.25, 0.3) is 5.91 Å². The molecule has 4 rings (SSSR count). The lowest BCUT2D eigenvalue weighted by Gasteiger charge is -2.29. The van der Waals surface area contributed by atoms with E-state index in [0.29, 0.717) is 22.2 Å². The summed E-state index contributed by atoms with van der Waals surface area (Å²) in [6, 6.07) is 5.89. The number of likely N-dealkylation sites (tertiary alicyclic amines) is 1. The van der Waals surface area contributed by atoms with Gasteiger partial charge in [0.2, 0.25) is 5.91 Å². The van der Waals surface area contributed by atoms with Gasteiger partial charge in [-0.05, 0) is 56.8 Å². The maximum atomic E-state index is 14.1. The molecule has 2 aromatic heterocycles. The number of aromatic amines is 1. The Morgan fingerprint density at radius 1 is 1.32 bits per heavy atom. The Kier molecular flexibility index (Phi) is 5.77. The monoisotopic (exact) mass is 422 g/mol. The molecule has 2 amide bonds. The molecule has 1 saturated heterocycles. The van der Waals surface area contributed by atoms with Gasteiger partial charge in [-0.2, -0.15) is 5.10 Å². The quantitative estimate of drug-likeness (QED) is 0.549. The number of hydrogen-bond acceptors (Lipinski definition) is 5. The number of hydrogen-bond donors (Lipinski definition) is 3. The van der Waals surface area contributed by atoms with Crippen molar-refractivity contribution in [2.75, 3.05) is 25.5 Å². The first-order chi connectivity index (χ1) is 14.9. The van der Waals surface area contributed by atoms with Gasteiger partial charge in [-0.25, -0.2) is 4.39 Å². The molecule has 0 radical (unpaired) electrons. The summed E-state index contributed by atoms with van der Waals surface area (Å²) in [5.74, 6) is -1.23. The van der Waals surface area contributed by atoms with E-state index in [4.69, 9.17) is 0 Å². The van der Waals surface area contributed by atoms with Gasteiger partial charge in [-0.15, -0.1) is 0 Å². The van der Waals surface area contributed by atoms with E-state index < -0.39 is 11.7 Å². The van der Waals surface area contributed by atoms with Crippen molar-refractivity contribution in [3.8, 4) is 11.3 Å². The average molecular weight is 422 g/mol. The van der Waals surface area contributed by atoms with Gasteiger partial charge < -0.3 is 15.5 Å². The molecule has 3 aromatic rings. The Labute approximate surface area is 178 Å². The maximum Gasteiger partial charge on any atom is 0.272 e. The fourth-order valence-corrected chi connectivity index (χ4v) is 3.79. The van der Waals surface area contributed by atoms with Crippen LogP contribution in [0.15, 0.2) is 43.1 Å². The number of nitrogens with one attached hydrogen (secondary N) is 3. The van der Waals surface area contributed by atoms with Crippen LogP contribution in [0.4, 0.5) is 10.1 Å². The van der Waals surface area contributed by atoms with Crippen LogP contribution >= 0.6 is 0 Å². The highest BCUT2D eigenvalue weighted by atomic mass is 19.1. The first kappa shape index (κ1) is 20.7. The molecule has 8 nitrogen and oxygen atoms in total. The number of likely N-dealkylation sites (N-methyl/N-ethyl adjacent to an activating group) is 1. The van der Waals surface area contributed by atoms with Crippen LogP contribution in [-0.2, 0) is 4.79 Å². The lowest BCUT2D eigenvalue weighted by atomic mass is 10.1. The van der Waals surface area contributed by atoms with Crippen LogP contribution in [-0.4, -0.2) is 58.1 Å². The summed E-state index contributed by atoms with van der Waals surface area (Å²) in [6.07, 6.45) is 4.61. The van der Waals surface area contributed by atoms with Crippen molar-refractivity contribution in [2.45, 2.75) is 18.9 Å². The Hall–Kier alpha value is -3.59. The second kappa shape index (κ2) is 8.65. The minimum atomic E-state index is -0.523. The van der Waals surface area contributed by atoms with Crippen LogP contribution in [0.3, 0.4) is 0 Å². The summed E-state index contributed by atoms with van der Waals surface area (Å²) in [6.45, 7) is 5.21. The number of fused-ring (bicyclic) bond motifs is 1. The smallest absolute Gasteiger partial charge is 0.272 e. The van der Waals surface area contributed by atoms with E-state index in [1.807, 2.05) is 7.05 Å². The van der Waals surface area contributed by atoms with Crippen molar-refractivity contribution in [1.82, 2.24) is 25.4 Å². The fraction of sp³-hybridized carbons (Fsp3) is 0.273. The number of anilines is 1. The predicted molar refractivity (Wildman–Crippen MR) is 116 cm³/mol. The summed E-state index contributed by atoms with van der Waals surface area (Å²) < 4.78 is 14.1. The molecular weight excluding hydrogens is 399 g/mol. The fourth-order valence-electron chi connectivity index (χ4n) is 3.79. The molecule has 160 valence electrons. The van der Waals surface area contributed by atoms with Crippen molar-refractivity contribution in [3.63, 3.8) is 0 Å². The normalized spacial score (nSPS) is 16.8. The van der Waals surface area contributed by atoms with Crippen molar-refractivity contribution >= 4 is 28.4 Å². The largest absolute Gasteiger partial charge is 0.347 e. The van der Waals surface area contributed by atoms with Gasteiger partial charge in [-0.1, -0.05) is 6.58 Å². The van der Waals surface area contributed by atoms with Crippen LogP contribution in [0.1, 0.15) is 23.3 Å². The summed E-state index contributed by atoms with van der Waals surface area (Å²) >= 11 is 0. The van der Waals surface area contributed by atoms with Gasteiger partial charge in [0.05, 0.1) is 17.4 Å². The number of rotatable bonds is 5. The number of carbonyl (C=O) groups excluding carboxylic acids is 2. The number of H-pyrrole nitrogens is 1. The van der Waals surface area contributed by atoms with Gasteiger partial charge in [-0.3, -0.25) is 19.7 Å². The highest BCUT2D eigenvalue weighted by molar-refractivity contribution is 6.05.